The molecule has 0 radical (unpaired) electrons. The Morgan fingerprint density at radius 2 is 1.92 bits per heavy atom. The summed E-state index contributed by atoms with van der Waals surface area (Å²) < 4.78 is 70.4. The summed E-state index contributed by atoms with van der Waals surface area (Å²) in [6.07, 6.45) is -5.79. The van der Waals surface area contributed by atoms with Crippen LogP contribution in [0.5, 0.6) is 0 Å². The van der Waals surface area contributed by atoms with Crippen molar-refractivity contribution in [3.63, 3.8) is 0 Å². The third-order valence-electron chi connectivity index (χ3n) is 6.74. The van der Waals surface area contributed by atoms with E-state index in [4.69, 9.17) is 10.5 Å². The number of hydrogen-bond donors (Lipinski definition) is 2. The van der Waals surface area contributed by atoms with Gasteiger partial charge < -0.3 is 20.1 Å². The Morgan fingerprint density at radius 3 is 2.46 bits per heavy atom. The predicted molar refractivity (Wildman–Crippen MR) is 130 cm³/mol. The number of nitrogens with two attached hydrogens (primary N) is 1. The van der Waals surface area contributed by atoms with E-state index < -0.39 is 34.1 Å². The van der Waals surface area contributed by atoms with E-state index >= 15 is 0 Å². The molecule has 3 N–H and O–H groups in total. The summed E-state index contributed by atoms with van der Waals surface area (Å²) in [6.45, 7) is 1.11. The van der Waals surface area contributed by atoms with Gasteiger partial charge in [-0.1, -0.05) is 19.1 Å². The number of aromatic nitrogens is 2. The summed E-state index contributed by atoms with van der Waals surface area (Å²) in [5.74, 6) is -0.420. The number of aliphatic hydroxyl groups is 1. The SMILES string of the molecule is CCS(=O)(=O)c1ccc([C@H](CO)n2c(C[C@H]3CC[C@@H](C(F)(F)F)OC3)nc3cc(C(N)=O)ccc32)cc1. The van der Waals surface area contributed by atoms with Crippen molar-refractivity contribution >= 4 is 26.8 Å². The van der Waals surface area contributed by atoms with Crippen molar-refractivity contribution in [3.05, 3.63) is 59.4 Å². The Hall–Kier alpha value is -2.96. The zero-order chi connectivity index (χ0) is 27.0. The van der Waals surface area contributed by atoms with E-state index in [0.717, 1.165) is 0 Å². The lowest BCUT2D eigenvalue weighted by Crippen LogP contribution is -2.38. The number of benzene rings is 2. The average Bonchev–Trinajstić information content (AvgIpc) is 3.21. The zero-order valence-electron chi connectivity index (χ0n) is 20.1. The van der Waals surface area contributed by atoms with E-state index in [-0.39, 0.29) is 54.6 Å². The van der Waals surface area contributed by atoms with E-state index in [1.807, 2.05) is 0 Å². The molecule has 3 aromatic rings. The van der Waals surface area contributed by atoms with E-state index in [1.54, 1.807) is 29.7 Å². The quantitative estimate of drug-likeness (QED) is 0.452. The minimum Gasteiger partial charge on any atom is -0.394 e. The molecule has 37 heavy (non-hydrogen) atoms. The molecule has 0 aliphatic carbocycles. The molecule has 4 rings (SSSR count). The van der Waals surface area contributed by atoms with Crippen LogP contribution < -0.4 is 5.73 Å². The molecule has 0 unspecified atom stereocenters. The first-order valence-electron chi connectivity index (χ1n) is 11.9. The summed E-state index contributed by atoms with van der Waals surface area (Å²) >= 11 is 0. The van der Waals surface area contributed by atoms with Gasteiger partial charge in [-0.3, -0.25) is 4.79 Å². The number of carbonyl (C=O) groups excluding carboxylic acids is 1. The van der Waals surface area contributed by atoms with Crippen LogP contribution in [0.15, 0.2) is 47.4 Å². The monoisotopic (exact) mass is 539 g/mol. The van der Waals surface area contributed by atoms with Gasteiger partial charge >= 0.3 is 6.18 Å². The molecule has 1 amide bonds. The number of amides is 1. The van der Waals surface area contributed by atoms with E-state index in [1.165, 1.54) is 24.3 Å². The van der Waals surface area contributed by atoms with Gasteiger partial charge in [-0.2, -0.15) is 13.2 Å². The maximum atomic E-state index is 13.0. The van der Waals surface area contributed by atoms with Crippen molar-refractivity contribution in [2.45, 2.75) is 49.4 Å². The van der Waals surface area contributed by atoms with Gasteiger partial charge in [0.1, 0.15) is 5.82 Å². The second kappa shape index (κ2) is 10.4. The zero-order valence-corrected chi connectivity index (χ0v) is 20.9. The van der Waals surface area contributed by atoms with E-state index in [9.17, 15) is 31.5 Å². The van der Waals surface area contributed by atoms with Crippen LogP contribution in [0.2, 0.25) is 0 Å². The molecule has 0 bridgehead atoms. The largest absolute Gasteiger partial charge is 0.414 e. The van der Waals surface area contributed by atoms with Gasteiger partial charge in [-0.05, 0) is 54.7 Å². The smallest absolute Gasteiger partial charge is 0.394 e. The Bertz CT molecular complexity index is 1380. The number of rotatable bonds is 8. The fraction of sp³-hybridized carbons (Fsp3) is 0.440. The third-order valence-corrected chi connectivity index (χ3v) is 8.49. The molecule has 2 heterocycles. The first-order valence-corrected chi connectivity index (χ1v) is 13.5. The summed E-state index contributed by atoms with van der Waals surface area (Å²) in [5, 5.41) is 10.4. The van der Waals surface area contributed by atoms with Gasteiger partial charge in [0.25, 0.3) is 0 Å². The van der Waals surface area contributed by atoms with Gasteiger partial charge in [0.15, 0.2) is 15.9 Å². The van der Waals surface area contributed by atoms with Crippen molar-refractivity contribution in [2.75, 3.05) is 19.0 Å². The minimum absolute atomic E-state index is 0.0487. The lowest BCUT2D eigenvalue weighted by atomic mass is 9.94. The first-order chi connectivity index (χ1) is 17.4. The molecule has 1 saturated heterocycles. The lowest BCUT2D eigenvalue weighted by molar-refractivity contribution is -0.235. The fourth-order valence-corrected chi connectivity index (χ4v) is 5.56. The van der Waals surface area contributed by atoms with E-state index in [2.05, 4.69) is 4.98 Å². The Balaban J connectivity index is 1.72. The van der Waals surface area contributed by atoms with Gasteiger partial charge in [-0.25, -0.2) is 13.4 Å². The summed E-state index contributed by atoms with van der Waals surface area (Å²) in [5.41, 5.74) is 7.31. The normalized spacial score (nSPS) is 19.7. The molecule has 0 saturated carbocycles. The molecule has 8 nitrogen and oxygen atoms in total. The van der Waals surface area contributed by atoms with Gasteiger partial charge in [0.2, 0.25) is 5.91 Å². The van der Waals surface area contributed by atoms with Crippen LogP contribution in [-0.2, 0) is 21.0 Å². The molecule has 1 aromatic heterocycles. The average molecular weight is 540 g/mol. The minimum atomic E-state index is -4.41. The molecule has 0 spiro atoms. The number of carbonyl (C=O) groups is 1. The maximum Gasteiger partial charge on any atom is 0.414 e. The molecule has 1 fully saturated rings. The topological polar surface area (TPSA) is 125 Å². The molecule has 200 valence electrons. The molecular weight excluding hydrogens is 511 g/mol. The highest BCUT2D eigenvalue weighted by Crippen LogP contribution is 2.34. The van der Waals surface area contributed by atoms with Gasteiger partial charge in [0, 0.05) is 12.0 Å². The number of aliphatic hydroxyl groups excluding tert-OH is 1. The molecule has 1 aliphatic rings. The predicted octanol–water partition coefficient (Wildman–Crippen LogP) is 3.41. The molecular formula is C25H28F3N3O5S. The Labute approximate surface area is 212 Å². The molecule has 12 heteroatoms. The Kier molecular flexibility index (Phi) is 7.63. The van der Waals surface area contributed by atoms with Gasteiger partial charge in [0.05, 0.1) is 40.9 Å². The number of nitrogens with zero attached hydrogens (tertiary/aromatic N) is 2. The number of fused-ring (bicyclic) bond motifs is 1. The summed E-state index contributed by atoms with van der Waals surface area (Å²) in [7, 11) is -3.41. The van der Waals surface area contributed by atoms with Crippen molar-refractivity contribution in [1.29, 1.82) is 0 Å². The number of imidazole rings is 1. The molecule has 3 atom stereocenters. The van der Waals surface area contributed by atoms with Crippen LogP contribution in [0.1, 0.15) is 47.6 Å². The molecule has 2 aromatic carbocycles. The lowest BCUT2D eigenvalue weighted by Gasteiger charge is -2.30. The number of sulfone groups is 1. The van der Waals surface area contributed by atoms with Crippen LogP contribution in [0.25, 0.3) is 11.0 Å². The third kappa shape index (κ3) is 5.65. The summed E-state index contributed by atoms with van der Waals surface area (Å²) in [6, 6.07) is 10.3. The van der Waals surface area contributed by atoms with E-state index in [0.29, 0.717) is 22.4 Å². The van der Waals surface area contributed by atoms with Crippen LogP contribution in [0, 0.1) is 5.92 Å². The highest BCUT2D eigenvalue weighted by Gasteiger charge is 2.43. The number of primary amides is 1. The first kappa shape index (κ1) is 27.1. The van der Waals surface area contributed by atoms with Crippen molar-refractivity contribution in [2.24, 2.45) is 11.7 Å². The maximum absolute atomic E-state index is 13.0. The fourth-order valence-electron chi connectivity index (χ4n) is 4.68. The van der Waals surface area contributed by atoms with Gasteiger partial charge in [-0.15, -0.1) is 0 Å². The molecule has 1 aliphatic heterocycles. The van der Waals surface area contributed by atoms with Crippen molar-refractivity contribution < 1.29 is 36.2 Å². The second-order valence-electron chi connectivity index (χ2n) is 9.15. The number of alkyl halides is 3. The number of hydrogen-bond acceptors (Lipinski definition) is 6. The Morgan fingerprint density at radius 1 is 1.22 bits per heavy atom. The summed E-state index contributed by atoms with van der Waals surface area (Å²) in [4.78, 5) is 16.5. The standard InChI is InChI=1S/C25H28F3N3O5S/c1-2-37(34,35)18-7-4-16(5-8-18)21(13-32)31-20-9-6-17(24(29)33)12-19(20)30-23(31)11-15-3-10-22(36-14-15)25(26,27)28/h4-9,12,15,21-22,32H,2-3,10-11,13-14H2,1H3,(H2,29,33)/t15-,21+,22+/m1/s1. The highest BCUT2D eigenvalue weighted by molar-refractivity contribution is 7.91. The van der Waals surface area contributed by atoms with Crippen LogP contribution in [-0.4, -0.2) is 60.2 Å². The van der Waals surface area contributed by atoms with Crippen LogP contribution >= 0.6 is 0 Å². The highest BCUT2D eigenvalue weighted by atomic mass is 32.2. The number of ether oxygens (including phenoxy) is 1. The van der Waals surface area contributed by atoms with Crippen LogP contribution in [0.3, 0.4) is 0 Å². The second-order valence-corrected chi connectivity index (χ2v) is 11.4. The van der Waals surface area contributed by atoms with Crippen LogP contribution in [0.4, 0.5) is 13.2 Å². The van der Waals surface area contributed by atoms with Crippen molar-refractivity contribution in [1.82, 2.24) is 9.55 Å². The van der Waals surface area contributed by atoms with Crippen molar-refractivity contribution in [3.8, 4) is 0 Å². The number of halogens is 3.